The van der Waals surface area contributed by atoms with Gasteiger partial charge in [-0.1, -0.05) is 15.9 Å². The van der Waals surface area contributed by atoms with E-state index in [1.165, 1.54) is 12.1 Å². The quantitative estimate of drug-likeness (QED) is 0.678. The molecular formula is C9H8BrF4NO. The average Bonchev–Trinajstić information content (AvgIpc) is 2.13. The van der Waals surface area contributed by atoms with Crippen LogP contribution in [0.2, 0.25) is 0 Å². The number of ether oxygens (including phenoxy) is 1. The maximum Gasteiger partial charge on any atom is 0.522 e. The number of alkyl halides is 3. The van der Waals surface area contributed by atoms with Crippen molar-refractivity contribution in [2.75, 3.05) is 18.5 Å². The molecule has 0 saturated heterocycles. The second-order valence-electron chi connectivity index (χ2n) is 2.85. The van der Waals surface area contributed by atoms with Gasteiger partial charge in [-0.2, -0.15) is 0 Å². The van der Waals surface area contributed by atoms with Crippen LogP contribution in [-0.2, 0) is 4.74 Å². The zero-order valence-corrected chi connectivity index (χ0v) is 9.53. The summed E-state index contributed by atoms with van der Waals surface area (Å²) in [6.45, 7) is -0.697. The van der Waals surface area contributed by atoms with Crippen LogP contribution in [0.4, 0.5) is 23.2 Å². The Kier molecular flexibility index (Phi) is 4.55. The van der Waals surface area contributed by atoms with Crippen molar-refractivity contribution < 1.29 is 22.3 Å². The summed E-state index contributed by atoms with van der Waals surface area (Å²) in [7, 11) is 0. The van der Waals surface area contributed by atoms with Crippen LogP contribution < -0.4 is 5.32 Å². The van der Waals surface area contributed by atoms with Crippen molar-refractivity contribution in [3.8, 4) is 0 Å². The first kappa shape index (κ1) is 13.2. The van der Waals surface area contributed by atoms with E-state index >= 15 is 0 Å². The Hall–Kier alpha value is -0.820. The highest BCUT2D eigenvalue weighted by Crippen LogP contribution is 2.19. The number of nitrogens with one attached hydrogen (secondary N) is 1. The summed E-state index contributed by atoms with van der Waals surface area (Å²) < 4.78 is 52.0. The van der Waals surface area contributed by atoms with Crippen LogP contribution in [0.5, 0.6) is 0 Å². The van der Waals surface area contributed by atoms with Crippen LogP contribution in [0.15, 0.2) is 22.7 Å². The van der Waals surface area contributed by atoms with Gasteiger partial charge in [-0.05, 0) is 18.2 Å². The van der Waals surface area contributed by atoms with Gasteiger partial charge in [0.05, 0.1) is 12.3 Å². The highest BCUT2D eigenvalue weighted by molar-refractivity contribution is 9.10. The van der Waals surface area contributed by atoms with E-state index < -0.39 is 18.8 Å². The molecule has 1 N–H and O–H groups in total. The van der Waals surface area contributed by atoms with E-state index in [1.54, 1.807) is 6.07 Å². The molecule has 0 aliphatic heterocycles. The van der Waals surface area contributed by atoms with Crippen molar-refractivity contribution >= 4 is 21.6 Å². The number of hydrogen-bond acceptors (Lipinski definition) is 2. The van der Waals surface area contributed by atoms with E-state index in [2.05, 4.69) is 26.0 Å². The highest BCUT2D eigenvalue weighted by atomic mass is 79.9. The fourth-order valence-corrected chi connectivity index (χ4v) is 1.32. The maximum atomic E-state index is 13.2. The molecule has 16 heavy (non-hydrogen) atoms. The minimum absolute atomic E-state index is 0.127. The largest absolute Gasteiger partial charge is 0.522 e. The zero-order valence-electron chi connectivity index (χ0n) is 7.94. The molecule has 0 amide bonds. The second kappa shape index (κ2) is 5.49. The van der Waals surface area contributed by atoms with Gasteiger partial charge in [0.2, 0.25) is 0 Å². The van der Waals surface area contributed by atoms with Gasteiger partial charge in [0, 0.05) is 11.0 Å². The summed E-state index contributed by atoms with van der Waals surface area (Å²) >= 11 is 3.06. The third kappa shape index (κ3) is 4.80. The number of hydrogen-bond donors (Lipinski definition) is 1. The van der Waals surface area contributed by atoms with Crippen molar-refractivity contribution in [2.45, 2.75) is 6.36 Å². The smallest absolute Gasteiger partial charge is 0.380 e. The minimum atomic E-state index is -4.65. The molecule has 0 spiro atoms. The third-order valence-electron chi connectivity index (χ3n) is 1.61. The Morgan fingerprint density at radius 3 is 2.56 bits per heavy atom. The van der Waals surface area contributed by atoms with E-state index in [0.29, 0.717) is 4.47 Å². The van der Waals surface area contributed by atoms with E-state index in [0.717, 1.165) is 0 Å². The fourth-order valence-electron chi connectivity index (χ4n) is 0.985. The van der Waals surface area contributed by atoms with Gasteiger partial charge in [0.1, 0.15) is 5.82 Å². The van der Waals surface area contributed by atoms with Gasteiger partial charge < -0.3 is 5.32 Å². The van der Waals surface area contributed by atoms with Crippen molar-refractivity contribution in [1.29, 1.82) is 0 Å². The molecule has 0 bridgehead atoms. The summed E-state index contributed by atoms with van der Waals surface area (Å²) in [5.74, 6) is -0.540. The average molecular weight is 302 g/mol. The van der Waals surface area contributed by atoms with Gasteiger partial charge in [-0.3, -0.25) is 4.74 Å². The molecule has 0 fully saturated rings. The fraction of sp³-hybridized carbons (Fsp3) is 0.333. The predicted molar refractivity (Wildman–Crippen MR) is 54.6 cm³/mol. The van der Waals surface area contributed by atoms with Gasteiger partial charge in [-0.15, -0.1) is 13.2 Å². The SMILES string of the molecule is Fc1cc(Br)ccc1NCCOC(F)(F)F. The molecule has 0 saturated carbocycles. The third-order valence-corrected chi connectivity index (χ3v) is 2.11. The molecule has 2 nitrogen and oxygen atoms in total. The van der Waals surface area contributed by atoms with E-state index in [4.69, 9.17) is 0 Å². The van der Waals surface area contributed by atoms with Crippen molar-refractivity contribution in [2.24, 2.45) is 0 Å². The van der Waals surface area contributed by atoms with Crippen molar-refractivity contribution in [3.63, 3.8) is 0 Å². The van der Waals surface area contributed by atoms with E-state index in [9.17, 15) is 17.6 Å². The van der Waals surface area contributed by atoms with Crippen LogP contribution in [0.25, 0.3) is 0 Å². The van der Waals surface area contributed by atoms with Gasteiger partial charge in [0.15, 0.2) is 0 Å². The standard InChI is InChI=1S/C9H8BrF4NO/c10-6-1-2-8(7(11)5-6)15-3-4-16-9(12,13)14/h1-2,5,15H,3-4H2. The lowest BCUT2D eigenvalue weighted by Crippen LogP contribution is -2.19. The molecule has 0 unspecified atom stereocenters. The minimum Gasteiger partial charge on any atom is -0.380 e. The monoisotopic (exact) mass is 301 g/mol. The van der Waals surface area contributed by atoms with Crippen LogP contribution in [0.1, 0.15) is 0 Å². The Morgan fingerprint density at radius 2 is 2.00 bits per heavy atom. The van der Waals surface area contributed by atoms with Gasteiger partial charge >= 0.3 is 6.36 Å². The zero-order chi connectivity index (χ0) is 12.2. The van der Waals surface area contributed by atoms with Crippen LogP contribution in [-0.4, -0.2) is 19.5 Å². The molecule has 90 valence electrons. The Balaban J connectivity index is 2.38. The van der Waals surface area contributed by atoms with Gasteiger partial charge in [-0.25, -0.2) is 4.39 Å². The summed E-state index contributed by atoms with van der Waals surface area (Å²) in [6.07, 6.45) is -4.65. The summed E-state index contributed by atoms with van der Waals surface area (Å²) in [5.41, 5.74) is 0.133. The van der Waals surface area contributed by atoms with Gasteiger partial charge in [0.25, 0.3) is 0 Å². The molecule has 0 atom stereocenters. The summed E-state index contributed by atoms with van der Waals surface area (Å²) in [6, 6.07) is 4.22. The molecule has 1 rings (SSSR count). The number of rotatable bonds is 4. The number of anilines is 1. The molecular weight excluding hydrogens is 294 g/mol. The Bertz CT molecular complexity index is 356. The van der Waals surface area contributed by atoms with Crippen LogP contribution in [0.3, 0.4) is 0 Å². The highest BCUT2D eigenvalue weighted by Gasteiger charge is 2.28. The van der Waals surface area contributed by atoms with Crippen molar-refractivity contribution in [1.82, 2.24) is 0 Å². The van der Waals surface area contributed by atoms with Crippen LogP contribution in [0, 0.1) is 5.82 Å². The predicted octanol–water partition coefficient (Wildman–Crippen LogP) is 3.54. The molecule has 0 aromatic heterocycles. The topological polar surface area (TPSA) is 21.3 Å². The van der Waals surface area contributed by atoms with Crippen LogP contribution >= 0.6 is 15.9 Å². The number of halogens is 5. The van der Waals surface area contributed by atoms with Crippen molar-refractivity contribution in [3.05, 3.63) is 28.5 Å². The lowest BCUT2D eigenvalue weighted by molar-refractivity contribution is -0.322. The molecule has 0 aliphatic rings. The molecule has 0 radical (unpaired) electrons. The summed E-state index contributed by atoms with van der Waals surface area (Å²) in [4.78, 5) is 0. The number of benzene rings is 1. The first-order valence-corrected chi connectivity index (χ1v) is 5.07. The molecule has 0 heterocycles. The molecule has 7 heteroatoms. The maximum absolute atomic E-state index is 13.2. The first-order chi connectivity index (χ1) is 7.38. The Morgan fingerprint density at radius 1 is 1.31 bits per heavy atom. The Labute approximate surface area is 97.7 Å². The first-order valence-electron chi connectivity index (χ1n) is 4.28. The lowest BCUT2D eigenvalue weighted by Gasteiger charge is -2.09. The molecule has 1 aromatic rings. The van der Waals surface area contributed by atoms with E-state index in [1.807, 2.05) is 0 Å². The summed E-state index contributed by atoms with van der Waals surface area (Å²) in [5, 5.41) is 2.49. The molecule has 0 aliphatic carbocycles. The normalized spacial score (nSPS) is 11.6. The second-order valence-corrected chi connectivity index (χ2v) is 3.76. The lowest BCUT2D eigenvalue weighted by atomic mass is 10.3. The molecule has 1 aromatic carbocycles. The van der Waals surface area contributed by atoms with E-state index in [-0.39, 0.29) is 12.2 Å².